The standard InChI is InChI=1S/C11H12BrFN2O/c12-8-6-7(3-4-9(8)13)15-5-1-2-10(14)11(15)16/h3-4,6,10H,1-2,5,14H2. The van der Waals surface area contributed by atoms with E-state index in [9.17, 15) is 9.18 Å². The van der Waals surface area contributed by atoms with Gasteiger partial charge >= 0.3 is 0 Å². The van der Waals surface area contributed by atoms with E-state index in [0.29, 0.717) is 16.7 Å². The summed E-state index contributed by atoms with van der Waals surface area (Å²) in [7, 11) is 0. The molecule has 0 bridgehead atoms. The van der Waals surface area contributed by atoms with Crippen LogP contribution in [0.3, 0.4) is 0 Å². The van der Waals surface area contributed by atoms with Gasteiger partial charge in [0.05, 0.1) is 10.5 Å². The van der Waals surface area contributed by atoms with E-state index in [-0.39, 0.29) is 11.7 Å². The van der Waals surface area contributed by atoms with Gasteiger partial charge in [0.1, 0.15) is 5.82 Å². The molecule has 1 heterocycles. The van der Waals surface area contributed by atoms with Gasteiger partial charge in [0.25, 0.3) is 0 Å². The monoisotopic (exact) mass is 286 g/mol. The van der Waals surface area contributed by atoms with Gasteiger partial charge in [-0.2, -0.15) is 0 Å². The lowest BCUT2D eigenvalue weighted by Gasteiger charge is -2.30. The molecule has 1 amide bonds. The molecule has 1 fully saturated rings. The summed E-state index contributed by atoms with van der Waals surface area (Å²) < 4.78 is 13.4. The van der Waals surface area contributed by atoms with Crippen molar-refractivity contribution in [2.75, 3.05) is 11.4 Å². The van der Waals surface area contributed by atoms with Gasteiger partial charge in [-0.15, -0.1) is 0 Å². The van der Waals surface area contributed by atoms with Crippen LogP contribution < -0.4 is 10.6 Å². The maximum absolute atomic E-state index is 13.1. The van der Waals surface area contributed by atoms with Crippen molar-refractivity contribution in [3.8, 4) is 0 Å². The van der Waals surface area contributed by atoms with Crippen LogP contribution in [0.5, 0.6) is 0 Å². The summed E-state index contributed by atoms with van der Waals surface area (Å²) in [4.78, 5) is 13.4. The van der Waals surface area contributed by atoms with Gasteiger partial charge in [0.2, 0.25) is 5.91 Å². The van der Waals surface area contributed by atoms with Crippen LogP contribution in [0.1, 0.15) is 12.8 Å². The Morgan fingerprint density at radius 2 is 2.25 bits per heavy atom. The second kappa shape index (κ2) is 4.51. The van der Waals surface area contributed by atoms with Crippen LogP contribution in [0.25, 0.3) is 0 Å². The summed E-state index contributed by atoms with van der Waals surface area (Å²) in [5, 5.41) is 0. The van der Waals surface area contributed by atoms with Crippen molar-refractivity contribution >= 4 is 27.5 Å². The van der Waals surface area contributed by atoms with Crippen LogP contribution in [0, 0.1) is 5.82 Å². The Kier molecular flexibility index (Phi) is 3.25. The lowest BCUT2D eigenvalue weighted by Crippen LogP contribution is -2.48. The Bertz CT molecular complexity index is 424. The molecule has 1 saturated heterocycles. The van der Waals surface area contributed by atoms with Gasteiger partial charge in [-0.1, -0.05) is 0 Å². The molecule has 1 unspecified atom stereocenters. The van der Waals surface area contributed by atoms with Gasteiger partial charge in [-0.05, 0) is 47.0 Å². The highest BCUT2D eigenvalue weighted by atomic mass is 79.9. The number of benzene rings is 1. The van der Waals surface area contributed by atoms with Gasteiger partial charge in [0.15, 0.2) is 0 Å². The molecule has 0 aliphatic carbocycles. The Labute approximate surface area is 102 Å². The highest BCUT2D eigenvalue weighted by Crippen LogP contribution is 2.25. The Balaban J connectivity index is 2.29. The first-order valence-corrected chi connectivity index (χ1v) is 5.91. The topological polar surface area (TPSA) is 46.3 Å². The van der Waals surface area contributed by atoms with E-state index >= 15 is 0 Å². The van der Waals surface area contributed by atoms with E-state index in [0.717, 1.165) is 12.8 Å². The second-order valence-corrected chi connectivity index (χ2v) is 4.69. The third kappa shape index (κ3) is 2.10. The SMILES string of the molecule is NC1CCCN(c2ccc(F)c(Br)c2)C1=O. The molecule has 86 valence electrons. The van der Waals surface area contributed by atoms with Crippen molar-refractivity contribution in [1.82, 2.24) is 0 Å². The lowest BCUT2D eigenvalue weighted by molar-refractivity contribution is -0.120. The molecule has 1 aromatic rings. The minimum Gasteiger partial charge on any atom is -0.320 e. The number of nitrogens with two attached hydrogens (primary N) is 1. The second-order valence-electron chi connectivity index (χ2n) is 3.84. The minimum atomic E-state index is -0.433. The molecule has 3 nitrogen and oxygen atoms in total. The minimum absolute atomic E-state index is 0.0928. The fourth-order valence-corrected chi connectivity index (χ4v) is 2.18. The van der Waals surface area contributed by atoms with Crippen LogP contribution in [-0.2, 0) is 4.79 Å². The number of hydrogen-bond acceptors (Lipinski definition) is 2. The van der Waals surface area contributed by atoms with Gasteiger partial charge in [-0.25, -0.2) is 4.39 Å². The van der Waals surface area contributed by atoms with Crippen LogP contribution in [0.4, 0.5) is 10.1 Å². The Morgan fingerprint density at radius 1 is 1.50 bits per heavy atom. The average Bonchev–Trinajstić information content (AvgIpc) is 2.26. The van der Waals surface area contributed by atoms with E-state index in [1.54, 1.807) is 17.0 Å². The van der Waals surface area contributed by atoms with E-state index in [1.807, 2.05) is 0 Å². The number of piperidine rings is 1. The van der Waals surface area contributed by atoms with Crippen molar-refractivity contribution in [3.05, 3.63) is 28.5 Å². The Morgan fingerprint density at radius 3 is 2.94 bits per heavy atom. The molecule has 0 saturated carbocycles. The number of hydrogen-bond donors (Lipinski definition) is 1. The number of amides is 1. The number of halogens is 2. The fourth-order valence-electron chi connectivity index (χ4n) is 1.81. The van der Waals surface area contributed by atoms with Crippen LogP contribution in [-0.4, -0.2) is 18.5 Å². The first-order valence-electron chi connectivity index (χ1n) is 5.11. The van der Waals surface area contributed by atoms with Crippen LogP contribution in [0.15, 0.2) is 22.7 Å². The summed E-state index contributed by atoms with van der Waals surface area (Å²) in [5.74, 6) is -0.428. The summed E-state index contributed by atoms with van der Waals surface area (Å²) in [6.07, 6.45) is 1.60. The molecule has 16 heavy (non-hydrogen) atoms. The van der Waals surface area contributed by atoms with Crippen molar-refractivity contribution in [2.45, 2.75) is 18.9 Å². The van der Waals surface area contributed by atoms with Crippen molar-refractivity contribution in [1.29, 1.82) is 0 Å². The highest BCUT2D eigenvalue weighted by molar-refractivity contribution is 9.10. The predicted molar refractivity (Wildman–Crippen MR) is 63.7 cm³/mol. The molecule has 0 aromatic heterocycles. The highest BCUT2D eigenvalue weighted by Gasteiger charge is 2.26. The Hall–Kier alpha value is -0.940. The molecule has 2 rings (SSSR count). The molecule has 0 radical (unpaired) electrons. The molecular weight excluding hydrogens is 275 g/mol. The number of anilines is 1. The largest absolute Gasteiger partial charge is 0.320 e. The van der Waals surface area contributed by atoms with E-state index in [2.05, 4.69) is 15.9 Å². The summed E-state index contributed by atoms with van der Waals surface area (Å²) in [5.41, 5.74) is 6.39. The first-order chi connectivity index (χ1) is 7.59. The summed E-state index contributed by atoms with van der Waals surface area (Å²) in [6, 6.07) is 4.10. The molecule has 1 aliphatic rings. The normalized spacial score (nSPS) is 21.3. The fraction of sp³-hybridized carbons (Fsp3) is 0.364. The van der Waals surface area contributed by atoms with E-state index in [4.69, 9.17) is 5.73 Å². The average molecular weight is 287 g/mol. The maximum Gasteiger partial charge on any atom is 0.243 e. The molecular formula is C11H12BrFN2O. The molecule has 1 aliphatic heterocycles. The molecule has 2 N–H and O–H groups in total. The first kappa shape index (κ1) is 11.5. The lowest BCUT2D eigenvalue weighted by atomic mass is 10.0. The smallest absolute Gasteiger partial charge is 0.243 e. The zero-order valence-electron chi connectivity index (χ0n) is 8.62. The molecule has 1 atom stereocenters. The summed E-state index contributed by atoms with van der Waals surface area (Å²) >= 11 is 3.10. The maximum atomic E-state index is 13.1. The molecule has 0 spiro atoms. The third-order valence-electron chi connectivity index (χ3n) is 2.69. The van der Waals surface area contributed by atoms with Crippen LogP contribution in [0.2, 0.25) is 0 Å². The van der Waals surface area contributed by atoms with Gasteiger partial charge in [-0.3, -0.25) is 4.79 Å². The quantitative estimate of drug-likeness (QED) is 0.859. The molecule has 5 heteroatoms. The van der Waals surface area contributed by atoms with E-state index < -0.39 is 6.04 Å². The predicted octanol–water partition coefficient (Wildman–Crippen LogP) is 2.04. The van der Waals surface area contributed by atoms with E-state index in [1.165, 1.54) is 6.07 Å². The van der Waals surface area contributed by atoms with Gasteiger partial charge in [0, 0.05) is 12.2 Å². The number of carbonyl (C=O) groups is 1. The number of rotatable bonds is 1. The number of carbonyl (C=O) groups excluding carboxylic acids is 1. The zero-order valence-corrected chi connectivity index (χ0v) is 10.2. The molecule has 1 aromatic carbocycles. The van der Waals surface area contributed by atoms with Gasteiger partial charge < -0.3 is 10.6 Å². The van der Waals surface area contributed by atoms with Crippen molar-refractivity contribution in [3.63, 3.8) is 0 Å². The van der Waals surface area contributed by atoms with Crippen LogP contribution >= 0.6 is 15.9 Å². The van der Waals surface area contributed by atoms with Crippen molar-refractivity contribution in [2.24, 2.45) is 5.73 Å². The zero-order chi connectivity index (χ0) is 11.7. The third-order valence-corrected chi connectivity index (χ3v) is 3.30. The number of nitrogens with zero attached hydrogens (tertiary/aromatic N) is 1. The summed E-state index contributed by atoms with van der Waals surface area (Å²) in [6.45, 7) is 0.643. The van der Waals surface area contributed by atoms with Crippen molar-refractivity contribution < 1.29 is 9.18 Å².